The number of aromatic nitrogens is 1. The lowest BCUT2D eigenvalue weighted by molar-refractivity contribution is -0.139. The Bertz CT molecular complexity index is 770. The Labute approximate surface area is 148 Å². The SMILES string of the molecule is COc1ccc2c(C3(CN)CCN(C(=O)C4CCC4)CC3)c[nH]c2c1. The number of nitrogens with one attached hydrogen (secondary N) is 1. The number of likely N-dealkylation sites (tertiary alicyclic amines) is 1. The van der Waals surface area contributed by atoms with Crippen LogP contribution in [0.5, 0.6) is 5.75 Å². The number of hydrogen-bond acceptors (Lipinski definition) is 3. The highest BCUT2D eigenvalue weighted by molar-refractivity contribution is 5.86. The molecular weight excluding hydrogens is 314 g/mol. The van der Waals surface area contributed by atoms with Crippen LogP contribution in [-0.4, -0.2) is 42.5 Å². The molecule has 0 unspecified atom stereocenters. The van der Waals surface area contributed by atoms with Crippen LogP contribution in [0, 0.1) is 5.92 Å². The molecule has 5 heteroatoms. The molecule has 5 nitrogen and oxygen atoms in total. The van der Waals surface area contributed by atoms with Crippen molar-refractivity contribution in [3.63, 3.8) is 0 Å². The van der Waals surface area contributed by atoms with E-state index in [0.717, 1.165) is 50.0 Å². The van der Waals surface area contributed by atoms with Crippen molar-refractivity contribution in [3.05, 3.63) is 30.0 Å². The molecule has 2 heterocycles. The van der Waals surface area contributed by atoms with Gasteiger partial charge in [-0.3, -0.25) is 4.79 Å². The van der Waals surface area contributed by atoms with E-state index in [2.05, 4.69) is 22.1 Å². The second-order valence-electron chi connectivity index (χ2n) is 7.55. The molecule has 0 spiro atoms. The van der Waals surface area contributed by atoms with Crippen molar-refractivity contribution in [2.75, 3.05) is 26.7 Å². The molecule has 0 bridgehead atoms. The van der Waals surface area contributed by atoms with E-state index in [0.29, 0.717) is 12.5 Å². The summed E-state index contributed by atoms with van der Waals surface area (Å²) in [4.78, 5) is 18.0. The Morgan fingerprint density at radius 2 is 2.12 bits per heavy atom. The Kier molecular flexibility index (Phi) is 4.20. The molecule has 0 radical (unpaired) electrons. The highest BCUT2D eigenvalue weighted by Crippen LogP contribution is 2.40. The van der Waals surface area contributed by atoms with Crippen molar-refractivity contribution >= 4 is 16.8 Å². The number of piperidine rings is 1. The zero-order chi connectivity index (χ0) is 17.4. The Morgan fingerprint density at radius 1 is 1.36 bits per heavy atom. The van der Waals surface area contributed by atoms with Gasteiger partial charge in [0.25, 0.3) is 0 Å². The topological polar surface area (TPSA) is 71.3 Å². The van der Waals surface area contributed by atoms with Gasteiger partial charge < -0.3 is 20.4 Å². The number of carbonyl (C=O) groups is 1. The van der Waals surface area contributed by atoms with Crippen molar-refractivity contribution in [1.29, 1.82) is 0 Å². The zero-order valence-electron chi connectivity index (χ0n) is 14.9. The second kappa shape index (κ2) is 6.37. The molecule has 1 aromatic heterocycles. The normalized spacial score (nSPS) is 20.5. The van der Waals surface area contributed by atoms with E-state index in [9.17, 15) is 4.79 Å². The van der Waals surface area contributed by atoms with Gasteiger partial charge in [0.15, 0.2) is 0 Å². The first-order chi connectivity index (χ1) is 12.2. The molecule has 2 aliphatic rings. The molecular formula is C20H27N3O2. The number of amides is 1. The van der Waals surface area contributed by atoms with E-state index in [1.807, 2.05) is 12.1 Å². The van der Waals surface area contributed by atoms with E-state index in [-0.39, 0.29) is 11.3 Å². The summed E-state index contributed by atoms with van der Waals surface area (Å²) in [5, 5.41) is 1.21. The fraction of sp³-hybridized carbons (Fsp3) is 0.550. The first-order valence-electron chi connectivity index (χ1n) is 9.31. The van der Waals surface area contributed by atoms with Gasteiger partial charge in [0.05, 0.1) is 7.11 Å². The van der Waals surface area contributed by atoms with Crippen LogP contribution in [0.25, 0.3) is 10.9 Å². The summed E-state index contributed by atoms with van der Waals surface area (Å²) >= 11 is 0. The molecule has 1 amide bonds. The van der Waals surface area contributed by atoms with Gasteiger partial charge in [0.1, 0.15) is 5.75 Å². The smallest absolute Gasteiger partial charge is 0.225 e. The van der Waals surface area contributed by atoms with E-state index in [1.54, 1.807) is 7.11 Å². The van der Waals surface area contributed by atoms with E-state index < -0.39 is 0 Å². The molecule has 4 rings (SSSR count). The molecule has 1 saturated heterocycles. The van der Waals surface area contributed by atoms with Crippen LogP contribution in [0.4, 0.5) is 0 Å². The first-order valence-corrected chi connectivity index (χ1v) is 9.31. The number of carbonyl (C=O) groups excluding carboxylic acids is 1. The molecule has 0 atom stereocenters. The molecule has 25 heavy (non-hydrogen) atoms. The van der Waals surface area contributed by atoms with Crippen molar-refractivity contribution in [1.82, 2.24) is 9.88 Å². The Morgan fingerprint density at radius 3 is 2.72 bits per heavy atom. The quantitative estimate of drug-likeness (QED) is 0.898. The number of rotatable bonds is 4. The first kappa shape index (κ1) is 16.5. The minimum Gasteiger partial charge on any atom is -0.497 e. The average Bonchev–Trinajstić information content (AvgIpc) is 3.03. The van der Waals surface area contributed by atoms with Gasteiger partial charge in [-0.2, -0.15) is 0 Å². The van der Waals surface area contributed by atoms with E-state index in [4.69, 9.17) is 10.5 Å². The Balaban J connectivity index is 1.57. The lowest BCUT2D eigenvalue weighted by Gasteiger charge is -2.43. The lowest BCUT2D eigenvalue weighted by atomic mass is 9.72. The highest BCUT2D eigenvalue weighted by atomic mass is 16.5. The average molecular weight is 341 g/mol. The second-order valence-corrected chi connectivity index (χ2v) is 7.55. The molecule has 2 aromatic rings. The number of aromatic amines is 1. The summed E-state index contributed by atoms with van der Waals surface area (Å²) in [7, 11) is 1.68. The van der Waals surface area contributed by atoms with Crippen molar-refractivity contribution < 1.29 is 9.53 Å². The molecule has 3 N–H and O–H groups in total. The third-order valence-corrected chi connectivity index (χ3v) is 6.34. The third kappa shape index (κ3) is 2.71. The largest absolute Gasteiger partial charge is 0.497 e. The minimum atomic E-state index is -0.0523. The van der Waals surface area contributed by atoms with Gasteiger partial charge >= 0.3 is 0 Å². The highest BCUT2D eigenvalue weighted by Gasteiger charge is 2.39. The standard InChI is InChI=1S/C20H27N3O2/c1-25-15-5-6-16-17(12-22-18(16)11-15)20(13-21)7-9-23(10-8-20)19(24)14-3-2-4-14/h5-6,11-12,14,22H,2-4,7-10,13,21H2,1H3. The minimum absolute atomic E-state index is 0.0523. The van der Waals surface area contributed by atoms with Crippen molar-refractivity contribution in [3.8, 4) is 5.75 Å². The fourth-order valence-electron chi connectivity index (χ4n) is 4.32. The summed E-state index contributed by atoms with van der Waals surface area (Å²) in [6.07, 6.45) is 7.31. The maximum absolute atomic E-state index is 12.5. The van der Waals surface area contributed by atoms with Gasteiger partial charge in [0.2, 0.25) is 5.91 Å². The molecule has 1 saturated carbocycles. The summed E-state index contributed by atoms with van der Waals surface area (Å²) < 4.78 is 5.32. The maximum atomic E-state index is 12.5. The van der Waals surface area contributed by atoms with Crippen LogP contribution in [0.3, 0.4) is 0 Å². The van der Waals surface area contributed by atoms with Gasteiger partial charge in [-0.25, -0.2) is 0 Å². The predicted octanol–water partition coefficient (Wildman–Crippen LogP) is 2.80. The lowest BCUT2D eigenvalue weighted by Crippen LogP contribution is -2.50. The van der Waals surface area contributed by atoms with Gasteiger partial charge in [-0.1, -0.05) is 6.42 Å². The molecule has 1 aliphatic carbocycles. The number of benzene rings is 1. The van der Waals surface area contributed by atoms with E-state index >= 15 is 0 Å². The van der Waals surface area contributed by atoms with Crippen LogP contribution in [0.15, 0.2) is 24.4 Å². The molecule has 134 valence electrons. The maximum Gasteiger partial charge on any atom is 0.225 e. The summed E-state index contributed by atoms with van der Waals surface area (Å²) in [5.74, 6) is 1.50. The van der Waals surface area contributed by atoms with Crippen molar-refractivity contribution in [2.45, 2.75) is 37.5 Å². The van der Waals surface area contributed by atoms with Crippen LogP contribution in [0.2, 0.25) is 0 Å². The number of nitrogens with zero attached hydrogens (tertiary/aromatic N) is 1. The number of ether oxygens (including phenoxy) is 1. The number of H-pyrrole nitrogens is 1. The zero-order valence-corrected chi connectivity index (χ0v) is 14.9. The number of fused-ring (bicyclic) bond motifs is 1. The Hall–Kier alpha value is -2.01. The van der Waals surface area contributed by atoms with Gasteiger partial charge in [-0.05, 0) is 43.4 Å². The number of nitrogens with two attached hydrogens (primary N) is 1. The third-order valence-electron chi connectivity index (χ3n) is 6.34. The van der Waals surface area contributed by atoms with Crippen LogP contribution in [-0.2, 0) is 10.2 Å². The van der Waals surface area contributed by atoms with Crippen molar-refractivity contribution in [2.24, 2.45) is 11.7 Å². The molecule has 1 aliphatic heterocycles. The van der Waals surface area contributed by atoms with Gasteiger partial charge in [-0.15, -0.1) is 0 Å². The van der Waals surface area contributed by atoms with Crippen LogP contribution >= 0.6 is 0 Å². The number of hydrogen-bond donors (Lipinski definition) is 2. The summed E-state index contributed by atoms with van der Waals surface area (Å²) in [5.41, 5.74) is 8.56. The molecule has 2 fully saturated rings. The van der Waals surface area contributed by atoms with E-state index in [1.165, 1.54) is 17.4 Å². The fourth-order valence-corrected chi connectivity index (χ4v) is 4.32. The molecule has 1 aromatic carbocycles. The summed E-state index contributed by atoms with van der Waals surface area (Å²) in [6.45, 7) is 2.24. The number of methoxy groups -OCH3 is 1. The van der Waals surface area contributed by atoms with Crippen LogP contribution in [0.1, 0.15) is 37.7 Å². The summed E-state index contributed by atoms with van der Waals surface area (Å²) in [6, 6.07) is 6.14. The predicted molar refractivity (Wildman–Crippen MR) is 98.7 cm³/mol. The monoisotopic (exact) mass is 341 g/mol. The van der Waals surface area contributed by atoms with Crippen LogP contribution < -0.4 is 10.5 Å². The van der Waals surface area contributed by atoms with Gasteiger partial charge in [0, 0.05) is 54.1 Å².